The minimum absolute atomic E-state index is 0.267. The van der Waals surface area contributed by atoms with Crippen molar-refractivity contribution in [3.63, 3.8) is 0 Å². The van der Waals surface area contributed by atoms with E-state index < -0.39 is 22.5 Å². The van der Waals surface area contributed by atoms with Crippen molar-refractivity contribution in [2.24, 2.45) is 0 Å². The molecule has 2 aromatic carbocycles. The molecule has 140 valence electrons. The number of hydrogen-bond donors (Lipinski definition) is 2. The van der Waals surface area contributed by atoms with E-state index in [1.54, 1.807) is 42.5 Å². The first-order valence-corrected chi connectivity index (χ1v) is 9.59. The van der Waals surface area contributed by atoms with Crippen LogP contribution in [0.5, 0.6) is 11.5 Å². The van der Waals surface area contributed by atoms with Crippen LogP contribution < -0.4 is 19.5 Å². The summed E-state index contributed by atoms with van der Waals surface area (Å²) >= 11 is 5.84. The average Bonchev–Trinajstić information content (AvgIpc) is 2.59. The highest BCUT2D eigenvalue weighted by molar-refractivity contribution is 7.88. The van der Waals surface area contributed by atoms with Gasteiger partial charge in [-0.15, -0.1) is 0 Å². The zero-order valence-electron chi connectivity index (χ0n) is 14.3. The predicted molar refractivity (Wildman–Crippen MR) is 100 cm³/mol. The van der Waals surface area contributed by atoms with E-state index in [9.17, 15) is 13.2 Å². The molecular formula is C17H19ClN2O5S. The number of benzene rings is 2. The SMILES string of the molecule is COc1ccc(NC(=O)CNS(=O)(=O)Cc2cccc(Cl)c2)cc1OC. The van der Waals surface area contributed by atoms with Crippen molar-refractivity contribution in [3.8, 4) is 11.5 Å². The first-order chi connectivity index (χ1) is 12.3. The molecule has 0 spiro atoms. The minimum Gasteiger partial charge on any atom is -0.493 e. The van der Waals surface area contributed by atoms with Gasteiger partial charge >= 0.3 is 0 Å². The van der Waals surface area contributed by atoms with E-state index in [1.807, 2.05) is 0 Å². The maximum absolute atomic E-state index is 12.1. The number of carbonyl (C=O) groups excluding carboxylic acids is 1. The molecule has 0 bridgehead atoms. The number of anilines is 1. The van der Waals surface area contributed by atoms with E-state index in [4.69, 9.17) is 21.1 Å². The van der Waals surface area contributed by atoms with Gasteiger partial charge in [-0.25, -0.2) is 13.1 Å². The summed E-state index contributed by atoms with van der Waals surface area (Å²) in [6.45, 7) is -0.392. The van der Waals surface area contributed by atoms with Gasteiger partial charge in [-0.3, -0.25) is 4.79 Å². The Kier molecular flexibility index (Phi) is 6.84. The number of methoxy groups -OCH3 is 2. The van der Waals surface area contributed by atoms with E-state index in [1.165, 1.54) is 14.2 Å². The molecule has 0 aliphatic heterocycles. The third-order valence-corrected chi connectivity index (χ3v) is 4.90. The smallest absolute Gasteiger partial charge is 0.239 e. The number of halogens is 1. The molecule has 0 radical (unpaired) electrons. The van der Waals surface area contributed by atoms with Crippen LogP contribution in [-0.4, -0.2) is 35.1 Å². The van der Waals surface area contributed by atoms with Gasteiger partial charge in [-0.05, 0) is 29.8 Å². The van der Waals surface area contributed by atoms with Crippen molar-refractivity contribution >= 4 is 33.2 Å². The monoisotopic (exact) mass is 398 g/mol. The average molecular weight is 399 g/mol. The molecule has 2 aromatic rings. The lowest BCUT2D eigenvalue weighted by molar-refractivity contribution is -0.115. The molecule has 0 aliphatic carbocycles. The van der Waals surface area contributed by atoms with Gasteiger partial charge < -0.3 is 14.8 Å². The summed E-state index contributed by atoms with van der Waals surface area (Å²) in [5.74, 6) is 0.198. The summed E-state index contributed by atoms with van der Waals surface area (Å²) in [6, 6.07) is 11.4. The van der Waals surface area contributed by atoms with Gasteiger partial charge in [-0.1, -0.05) is 23.7 Å². The van der Waals surface area contributed by atoms with Crippen LogP contribution in [-0.2, 0) is 20.6 Å². The number of ether oxygens (including phenoxy) is 2. The normalized spacial score (nSPS) is 11.0. The van der Waals surface area contributed by atoms with Crippen molar-refractivity contribution < 1.29 is 22.7 Å². The molecule has 2 N–H and O–H groups in total. The zero-order valence-corrected chi connectivity index (χ0v) is 15.9. The molecule has 7 nitrogen and oxygen atoms in total. The molecule has 0 fully saturated rings. The van der Waals surface area contributed by atoms with Crippen LogP contribution >= 0.6 is 11.6 Å². The summed E-state index contributed by atoms with van der Waals surface area (Å²) in [7, 11) is -0.692. The summed E-state index contributed by atoms with van der Waals surface area (Å²) in [4.78, 5) is 12.0. The second kappa shape index (κ2) is 8.88. The molecule has 0 atom stereocenters. The Labute approximate surface area is 157 Å². The lowest BCUT2D eigenvalue weighted by Gasteiger charge is -2.11. The van der Waals surface area contributed by atoms with Gasteiger partial charge in [0.2, 0.25) is 15.9 Å². The molecule has 0 saturated carbocycles. The van der Waals surface area contributed by atoms with Gasteiger partial charge in [0.1, 0.15) is 0 Å². The molecule has 0 aliphatic rings. The molecule has 9 heteroatoms. The maximum Gasteiger partial charge on any atom is 0.239 e. The molecule has 26 heavy (non-hydrogen) atoms. The number of sulfonamides is 1. The first kappa shape index (κ1) is 20.0. The van der Waals surface area contributed by atoms with Crippen LogP contribution in [0.15, 0.2) is 42.5 Å². The van der Waals surface area contributed by atoms with Crippen molar-refractivity contribution in [1.29, 1.82) is 0 Å². The topological polar surface area (TPSA) is 93.7 Å². The van der Waals surface area contributed by atoms with Crippen molar-refractivity contribution in [1.82, 2.24) is 4.72 Å². The van der Waals surface area contributed by atoms with Gasteiger partial charge in [0.05, 0.1) is 26.5 Å². The van der Waals surface area contributed by atoms with Crippen LogP contribution in [0.3, 0.4) is 0 Å². The Morgan fingerprint density at radius 1 is 1.08 bits per heavy atom. The Morgan fingerprint density at radius 3 is 2.46 bits per heavy atom. The molecular weight excluding hydrogens is 380 g/mol. The van der Waals surface area contributed by atoms with Gasteiger partial charge in [0.25, 0.3) is 0 Å². The fourth-order valence-electron chi connectivity index (χ4n) is 2.19. The zero-order chi connectivity index (χ0) is 19.2. The maximum atomic E-state index is 12.1. The minimum atomic E-state index is -3.68. The molecule has 0 aromatic heterocycles. The van der Waals surface area contributed by atoms with Gasteiger partial charge in [-0.2, -0.15) is 0 Å². The fourth-order valence-corrected chi connectivity index (χ4v) is 3.48. The van der Waals surface area contributed by atoms with Crippen molar-refractivity contribution in [3.05, 3.63) is 53.1 Å². The van der Waals surface area contributed by atoms with Crippen molar-refractivity contribution in [2.45, 2.75) is 5.75 Å². The Morgan fingerprint density at radius 2 is 1.81 bits per heavy atom. The van der Waals surface area contributed by atoms with Crippen molar-refractivity contribution in [2.75, 3.05) is 26.1 Å². The van der Waals surface area contributed by atoms with E-state index in [2.05, 4.69) is 10.0 Å². The highest BCUT2D eigenvalue weighted by atomic mass is 35.5. The number of carbonyl (C=O) groups is 1. The standard InChI is InChI=1S/C17H19ClN2O5S/c1-24-15-7-6-14(9-16(15)25-2)20-17(21)10-19-26(22,23)11-12-4-3-5-13(18)8-12/h3-9,19H,10-11H2,1-2H3,(H,20,21). The van der Waals surface area contributed by atoms with E-state index in [0.717, 1.165) is 0 Å². The highest BCUT2D eigenvalue weighted by Crippen LogP contribution is 2.29. The summed E-state index contributed by atoms with van der Waals surface area (Å²) in [5.41, 5.74) is 0.993. The van der Waals surface area contributed by atoms with Crippen LogP contribution in [0, 0.1) is 0 Å². The molecule has 1 amide bonds. The third-order valence-electron chi connectivity index (χ3n) is 3.37. The summed E-state index contributed by atoms with van der Waals surface area (Å²) < 4.78 is 36.7. The first-order valence-electron chi connectivity index (χ1n) is 7.56. The number of hydrogen-bond acceptors (Lipinski definition) is 5. The van der Waals surface area contributed by atoms with E-state index in [0.29, 0.717) is 27.8 Å². The largest absolute Gasteiger partial charge is 0.493 e. The second-order valence-corrected chi connectivity index (χ2v) is 7.57. The lowest BCUT2D eigenvalue weighted by Crippen LogP contribution is -2.33. The van der Waals surface area contributed by atoms with Gasteiger partial charge in [0, 0.05) is 16.8 Å². The molecule has 0 unspecified atom stereocenters. The molecule has 0 saturated heterocycles. The van der Waals surface area contributed by atoms with Gasteiger partial charge in [0.15, 0.2) is 11.5 Å². The Balaban J connectivity index is 1.93. The van der Waals surface area contributed by atoms with Crippen LogP contribution in [0.4, 0.5) is 5.69 Å². The Hall–Kier alpha value is -2.29. The third kappa shape index (κ3) is 5.91. The molecule has 0 heterocycles. The quantitative estimate of drug-likeness (QED) is 0.712. The number of rotatable bonds is 8. The van der Waals surface area contributed by atoms with E-state index >= 15 is 0 Å². The van der Waals surface area contributed by atoms with Crippen LogP contribution in [0.25, 0.3) is 0 Å². The second-order valence-electron chi connectivity index (χ2n) is 5.33. The summed E-state index contributed by atoms with van der Waals surface area (Å²) in [5, 5.41) is 3.04. The highest BCUT2D eigenvalue weighted by Gasteiger charge is 2.14. The van der Waals surface area contributed by atoms with E-state index in [-0.39, 0.29) is 5.75 Å². The summed E-state index contributed by atoms with van der Waals surface area (Å²) in [6.07, 6.45) is 0. The number of nitrogens with one attached hydrogen (secondary N) is 2. The lowest BCUT2D eigenvalue weighted by atomic mass is 10.2. The Bertz CT molecular complexity index is 886. The number of amides is 1. The fraction of sp³-hybridized carbons (Fsp3) is 0.235. The van der Waals surface area contributed by atoms with Crippen LogP contribution in [0.1, 0.15) is 5.56 Å². The predicted octanol–water partition coefficient (Wildman–Crippen LogP) is 2.42. The van der Waals surface area contributed by atoms with Crippen LogP contribution in [0.2, 0.25) is 5.02 Å². The molecule has 2 rings (SSSR count).